The summed E-state index contributed by atoms with van der Waals surface area (Å²) < 4.78 is 18.0. The standard InChI is InChI=1S/C12H20N2O8S2/c1-19-9(15)7(13-11(17)21-3)5-23-24-6-8(10(16)20-2)14-12(18)22-4/h7-8H,5-6H2,1-4H3,(H,13,17)(H,14,18)/t7-,8?/m0/s1. The molecule has 0 aromatic heterocycles. The maximum Gasteiger partial charge on any atom is 0.407 e. The van der Waals surface area contributed by atoms with Gasteiger partial charge in [-0.2, -0.15) is 0 Å². The van der Waals surface area contributed by atoms with E-state index >= 15 is 0 Å². The van der Waals surface area contributed by atoms with Gasteiger partial charge in [-0.3, -0.25) is 0 Å². The van der Waals surface area contributed by atoms with Crippen LogP contribution in [0.1, 0.15) is 0 Å². The average molecular weight is 384 g/mol. The molecule has 2 N–H and O–H groups in total. The minimum atomic E-state index is -0.912. The van der Waals surface area contributed by atoms with Crippen LogP contribution >= 0.6 is 21.6 Å². The zero-order chi connectivity index (χ0) is 18.5. The fourth-order valence-corrected chi connectivity index (χ4v) is 3.55. The molecule has 0 aromatic carbocycles. The minimum absolute atomic E-state index is 0.165. The Labute approximate surface area is 147 Å². The molecule has 1 unspecified atom stereocenters. The second-order valence-electron chi connectivity index (χ2n) is 3.99. The van der Waals surface area contributed by atoms with Gasteiger partial charge in [-0.25, -0.2) is 19.2 Å². The van der Waals surface area contributed by atoms with Crippen molar-refractivity contribution in [2.75, 3.05) is 39.9 Å². The van der Waals surface area contributed by atoms with Crippen LogP contribution in [-0.2, 0) is 28.5 Å². The predicted molar refractivity (Wildman–Crippen MR) is 87.6 cm³/mol. The zero-order valence-corrected chi connectivity index (χ0v) is 15.3. The number of esters is 2. The molecule has 12 heteroatoms. The summed E-state index contributed by atoms with van der Waals surface area (Å²) in [6.45, 7) is 0. The van der Waals surface area contributed by atoms with Crippen molar-refractivity contribution in [2.24, 2.45) is 0 Å². The summed E-state index contributed by atoms with van der Waals surface area (Å²) in [5.74, 6) is -0.937. The number of carbonyl (C=O) groups is 4. The summed E-state index contributed by atoms with van der Waals surface area (Å²) in [4.78, 5) is 45.5. The first-order valence-electron chi connectivity index (χ1n) is 6.48. The number of methoxy groups -OCH3 is 4. The highest BCUT2D eigenvalue weighted by Crippen LogP contribution is 2.23. The van der Waals surface area contributed by atoms with E-state index in [-0.39, 0.29) is 11.5 Å². The van der Waals surface area contributed by atoms with Gasteiger partial charge in [0.1, 0.15) is 12.1 Å². The highest BCUT2D eigenvalue weighted by atomic mass is 33.1. The number of rotatable bonds is 9. The van der Waals surface area contributed by atoms with E-state index in [0.29, 0.717) is 0 Å². The molecule has 0 bridgehead atoms. The Kier molecular flexibility index (Phi) is 11.6. The fraction of sp³-hybridized carbons (Fsp3) is 0.667. The van der Waals surface area contributed by atoms with E-state index < -0.39 is 36.2 Å². The minimum Gasteiger partial charge on any atom is -0.467 e. The quantitative estimate of drug-likeness (QED) is 0.245. The molecule has 0 aliphatic heterocycles. The molecule has 2 atom stereocenters. The lowest BCUT2D eigenvalue weighted by Crippen LogP contribution is -2.44. The van der Waals surface area contributed by atoms with Crippen LogP contribution in [0.4, 0.5) is 9.59 Å². The van der Waals surface area contributed by atoms with Crippen LogP contribution in [-0.4, -0.2) is 76.2 Å². The number of carbonyl (C=O) groups excluding carboxylic acids is 4. The molecule has 0 saturated carbocycles. The monoisotopic (exact) mass is 384 g/mol. The van der Waals surface area contributed by atoms with Crippen molar-refractivity contribution in [1.29, 1.82) is 0 Å². The molecule has 0 heterocycles. The topological polar surface area (TPSA) is 129 Å². The van der Waals surface area contributed by atoms with Gasteiger partial charge in [0.15, 0.2) is 0 Å². The van der Waals surface area contributed by atoms with E-state index in [1.165, 1.54) is 50.0 Å². The fourth-order valence-electron chi connectivity index (χ4n) is 1.26. The predicted octanol–water partition coefficient (Wildman–Crippen LogP) is 0.163. The van der Waals surface area contributed by atoms with Gasteiger partial charge in [-0.1, -0.05) is 21.6 Å². The molecule has 0 spiro atoms. The van der Waals surface area contributed by atoms with E-state index in [4.69, 9.17) is 0 Å². The lowest BCUT2D eigenvalue weighted by molar-refractivity contribution is -0.143. The van der Waals surface area contributed by atoms with E-state index in [9.17, 15) is 19.2 Å². The van der Waals surface area contributed by atoms with Gasteiger partial charge in [-0.15, -0.1) is 0 Å². The highest BCUT2D eigenvalue weighted by molar-refractivity contribution is 8.76. The number of amides is 2. The van der Waals surface area contributed by atoms with Gasteiger partial charge in [0.05, 0.1) is 28.4 Å². The second kappa shape index (κ2) is 12.6. The molecule has 0 fully saturated rings. The Morgan fingerprint density at radius 1 is 0.708 bits per heavy atom. The Hall–Kier alpha value is -1.82. The van der Waals surface area contributed by atoms with Gasteiger partial charge in [-0.05, 0) is 0 Å². The normalized spacial score (nSPS) is 12.3. The lowest BCUT2D eigenvalue weighted by Gasteiger charge is -2.17. The number of ether oxygens (including phenoxy) is 4. The maximum absolute atomic E-state index is 11.6. The SMILES string of the molecule is COC(=O)NC(CSSC[C@H](NC(=O)OC)C(=O)OC)C(=O)OC. The molecule has 2 amide bonds. The number of nitrogens with one attached hydrogen (secondary N) is 2. The third-order valence-corrected chi connectivity index (χ3v) is 4.90. The van der Waals surface area contributed by atoms with Crippen LogP contribution < -0.4 is 10.6 Å². The summed E-state index contributed by atoms with van der Waals surface area (Å²) in [5.41, 5.74) is 0. The van der Waals surface area contributed by atoms with Crippen LogP contribution in [0.5, 0.6) is 0 Å². The first-order valence-corrected chi connectivity index (χ1v) is 8.97. The lowest BCUT2D eigenvalue weighted by atomic mass is 10.3. The van der Waals surface area contributed by atoms with Crippen molar-refractivity contribution < 1.29 is 38.1 Å². The van der Waals surface area contributed by atoms with Crippen molar-refractivity contribution in [3.63, 3.8) is 0 Å². The van der Waals surface area contributed by atoms with Gasteiger partial charge in [0.2, 0.25) is 0 Å². The summed E-state index contributed by atoms with van der Waals surface area (Å²) >= 11 is 0. The molecule has 0 saturated heterocycles. The number of alkyl carbamates (subject to hydrolysis) is 2. The molecule has 0 aliphatic rings. The molecule has 0 aromatic rings. The van der Waals surface area contributed by atoms with Crippen LogP contribution in [0.15, 0.2) is 0 Å². The Morgan fingerprint density at radius 2 is 1.04 bits per heavy atom. The Bertz CT molecular complexity index is 409. The third kappa shape index (κ3) is 8.72. The molecular formula is C12H20N2O8S2. The Morgan fingerprint density at radius 3 is 1.29 bits per heavy atom. The third-order valence-electron chi connectivity index (χ3n) is 2.48. The average Bonchev–Trinajstić information content (AvgIpc) is 2.60. The molecule has 0 rings (SSSR count). The van der Waals surface area contributed by atoms with E-state index in [2.05, 4.69) is 29.6 Å². The van der Waals surface area contributed by atoms with Gasteiger partial charge in [0.25, 0.3) is 0 Å². The largest absolute Gasteiger partial charge is 0.467 e. The van der Waals surface area contributed by atoms with Crippen molar-refractivity contribution >= 4 is 45.7 Å². The van der Waals surface area contributed by atoms with E-state index in [1.54, 1.807) is 0 Å². The molecule has 24 heavy (non-hydrogen) atoms. The summed E-state index contributed by atoms with van der Waals surface area (Å²) in [6.07, 6.45) is -1.54. The molecular weight excluding hydrogens is 364 g/mol. The zero-order valence-electron chi connectivity index (χ0n) is 13.7. The van der Waals surface area contributed by atoms with Crippen LogP contribution in [0.25, 0.3) is 0 Å². The summed E-state index contributed by atoms with van der Waals surface area (Å²) in [7, 11) is 7.12. The molecule has 0 radical (unpaired) electrons. The summed E-state index contributed by atoms with van der Waals surface area (Å²) in [6, 6.07) is -1.82. The van der Waals surface area contributed by atoms with Crippen molar-refractivity contribution in [3.05, 3.63) is 0 Å². The Balaban J connectivity index is 4.45. The van der Waals surface area contributed by atoms with Crippen molar-refractivity contribution in [1.82, 2.24) is 10.6 Å². The van der Waals surface area contributed by atoms with Gasteiger partial charge < -0.3 is 29.6 Å². The molecule has 138 valence electrons. The first-order chi connectivity index (χ1) is 11.4. The van der Waals surface area contributed by atoms with Crippen LogP contribution in [0.2, 0.25) is 0 Å². The molecule has 10 nitrogen and oxygen atoms in total. The number of hydrogen-bond donors (Lipinski definition) is 2. The van der Waals surface area contributed by atoms with Gasteiger partial charge >= 0.3 is 24.1 Å². The second-order valence-corrected chi connectivity index (χ2v) is 6.54. The van der Waals surface area contributed by atoms with Crippen molar-refractivity contribution in [2.45, 2.75) is 12.1 Å². The highest BCUT2D eigenvalue weighted by Gasteiger charge is 2.24. The molecule has 0 aliphatic carbocycles. The summed E-state index contributed by atoms with van der Waals surface area (Å²) in [5, 5.41) is 4.66. The van der Waals surface area contributed by atoms with Crippen LogP contribution in [0.3, 0.4) is 0 Å². The first kappa shape index (κ1) is 22.2. The van der Waals surface area contributed by atoms with Gasteiger partial charge in [0, 0.05) is 11.5 Å². The maximum atomic E-state index is 11.6. The van der Waals surface area contributed by atoms with Crippen molar-refractivity contribution in [3.8, 4) is 0 Å². The van der Waals surface area contributed by atoms with E-state index in [0.717, 1.165) is 0 Å². The van der Waals surface area contributed by atoms with E-state index in [1.807, 2.05) is 0 Å². The smallest absolute Gasteiger partial charge is 0.407 e. The number of hydrogen-bond acceptors (Lipinski definition) is 10. The van der Waals surface area contributed by atoms with Crippen LogP contribution in [0, 0.1) is 0 Å².